The largest absolute Gasteiger partial charge is 0.496 e. The van der Waals surface area contributed by atoms with Crippen molar-refractivity contribution in [1.82, 2.24) is 10.2 Å². The van der Waals surface area contributed by atoms with Gasteiger partial charge in [0.1, 0.15) is 5.75 Å². The first-order chi connectivity index (χ1) is 9.72. The van der Waals surface area contributed by atoms with E-state index in [0.717, 1.165) is 24.9 Å². The number of piperidine rings is 1. The third-order valence-corrected chi connectivity index (χ3v) is 5.17. The van der Waals surface area contributed by atoms with Crippen LogP contribution in [0, 0.1) is 13.8 Å². The first kappa shape index (κ1) is 13.9. The molecule has 0 spiro atoms. The zero-order chi connectivity index (χ0) is 14.1. The molecule has 0 unspecified atom stereocenters. The quantitative estimate of drug-likeness (QED) is 0.897. The summed E-state index contributed by atoms with van der Waals surface area (Å²) in [5.41, 5.74) is 4.21. The molecule has 0 saturated carbocycles. The molecule has 20 heavy (non-hydrogen) atoms. The van der Waals surface area contributed by atoms with E-state index in [1.165, 1.54) is 42.5 Å². The Labute approximate surface area is 122 Å². The molecule has 2 aliphatic rings. The second kappa shape index (κ2) is 5.74. The molecule has 3 nitrogen and oxygen atoms in total. The van der Waals surface area contributed by atoms with Gasteiger partial charge in [0.15, 0.2) is 0 Å². The molecular formula is C17H26N2O. The summed E-state index contributed by atoms with van der Waals surface area (Å²) in [6.45, 7) is 7.89. The molecule has 2 aliphatic heterocycles. The molecule has 0 aromatic heterocycles. The number of benzene rings is 1. The molecule has 2 atom stereocenters. The number of fused-ring (bicyclic) bond motifs is 1. The molecule has 3 heteroatoms. The average Bonchev–Trinajstić information content (AvgIpc) is 2.50. The normalized spacial score (nSPS) is 27.1. The van der Waals surface area contributed by atoms with Crippen molar-refractivity contribution in [2.24, 2.45) is 0 Å². The molecular weight excluding hydrogens is 248 g/mol. The third kappa shape index (κ3) is 2.33. The lowest BCUT2D eigenvalue weighted by molar-refractivity contribution is 0.0615. The maximum Gasteiger partial charge on any atom is 0.122 e. The van der Waals surface area contributed by atoms with Crippen LogP contribution in [-0.2, 0) is 0 Å². The number of rotatable bonds is 2. The summed E-state index contributed by atoms with van der Waals surface area (Å²) < 4.78 is 5.45. The summed E-state index contributed by atoms with van der Waals surface area (Å²) in [6, 6.07) is 5.75. The fraction of sp³-hybridized carbons (Fsp3) is 0.647. The fourth-order valence-electron chi connectivity index (χ4n) is 3.90. The maximum absolute atomic E-state index is 5.45. The van der Waals surface area contributed by atoms with Gasteiger partial charge in [0.2, 0.25) is 0 Å². The van der Waals surface area contributed by atoms with E-state index in [2.05, 4.69) is 36.2 Å². The Morgan fingerprint density at radius 3 is 2.85 bits per heavy atom. The number of hydrogen-bond acceptors (Lipinski definition) is 3. The lowest BCUT2D eigenvalue weighted by Gasteiger charge is -2.46. The third-order valence-electron chi connectivity index (χ3n) is 5.17. The van der Waals surface area contributed by atoms with Crippen molar-refractivity contribution in [3.8, 4) is 5.75 Å². The molecule has 0 radical (unpaired) electrons. The number of piperazine rings is 1. The van der Waals surface area contributed by atoms with E-state index < -0.39 is 0 Å². The maximum atomic E-state index is 5.45. The van der Waals surface area contributed by atoms with Crippen LogP contribution in [0.1, 0.15) is 42.0 Å². The van der Waals surface area contributed by atoms with Crippen LogP contribution in [-0.4, -0.2) is 37.7 Å². The van der Waals surface area contributed by atoms with Gasteiger partial charge in [0, 0.05) is 31.7 Å². The van der Waals surface area contributed by atoms with E-state index in [1.807, 2.05) is 0 Å². The van der Waals surface area contributed by atoms with Crippen LogP contribution in [0.2, 0.25) is 0 Å². The smallest absolute Gasteiger partial charge is 0.122 e. The molecule has 0 bridgehead atoms. The van der Waals surface area contributed by atoms with Gasteiger partial charge in [-0.25, -0.2) is 0 Å². The SMILES string of the molecule is COc1ccc([C@@H]2CCC[C@@H]3CNCCN32)c(C)c1C. The zero-order valence-corrected chi connectivity index (χ0v) is 12.9. The minimum Gasteiger partial charge on any atom is -0.496 e. The van der Waals surface area contributed by atoms with E-state index in [4.69, 9.17) is 4.74 Å². The topological polar surface area (TPSA) is 24.5 Å². The Bertz CT molecular complexity index is 484. The Balaban J connectivity index is 1.93. The van der Waals surface area contributed by atoms with Crippen LogP contribution in [0.25, 0.3) is 0 Å². The Kier molecular flexibility index (Phi) is 3.99. The molecule has 2 fully saturated rings. The lowest BCUT2D eigenvalue weighted by Crippen LogP contribution is -2.54. The first-order valence-electron chi connectivity index (χ1n) is 7.83. The van der Waals surface area contributed by atoms with Crippen LogP contribution < -0.4 is 10.1 Å². The van der Waals surface area contributed by atoms with E-state index in [-0.39, 0.29) is 0 Å². The van der Waals surface area contributed by atoms with E-state index >= 15 is 0 Å². The van der Waals surface area contributed by atoms with Gasteiger partial charge < -0.3 is 10.1 Å². The molecule has 2 saturated heterocycles. The second-order valence-corrected chi connectivity index (χ2v) is 6.15. The minimum absolute atomic E-state index is 0.598. The van der Waals surface area contributed by atoms with Crippen molar-refractivity contribution in [1.29, 1.82) is 0 Å². The van der Waals surface area contributed by atoms with Gasteiger partial charge in [-0.3, -0.25) is 4.90 Å². The van der Waals surface area contributed by atoms with Gasteiger partial charge >= 0.3 is 0 Å². The Morgan fingerprint density at radius 2 is 2.05 bits per heavy atom. The Hall–Kier alpha value is -1.06. The predicted molar refractivity (Wildman–Crippen MR) is 82.4 cm³/mol. The van der Waals surface area contributed by atoms with Gasteiger partial charge in [0.25, 0.3) is 0 Å². The summed E-state index contributed by atoms with van der Waals surface area (Å²) in [7, 11) is 1.76. The summed E-state index contributed by atoms with van der Waals surface area (Å²) in [6.07, 6.45) is 3.98. The standard InChI is InChI=1S/C17H26N2O/c1-12-13(2)17(20-3)8-7-15(12)16-6-4-5-14-11-18-9-10-19(14)16/h7-8,14,16,18H,4-6,9-11H2,1-3H3/t14-,16+/m1/s1. The highest BCUT2D eigenvalue weighted by Crippen LogP contribution is 2.38. The molecule has 110 valence electrons. The zero-order valence-electron chi connectivity index (χ0n) is 12.9. The number of hydrogen-bond donors (Lipinski definition) is 1. The minimum atomic E-state index is 0.598. The molecule has 3 rings (SSSR count). The fourth-order valence-corrected chi connectivity index (χ4v) is 3.90. The van der Waals surface area contributed by atoms with Gasteiger partial charge in [-0.1, -0.05) is 6.07 Å². The first-order valence-corrected chi connectivity index (χ1v) is 7.83. The average molecular weight is 274 g/mol. The summed E-state index contributed by atoms with van der Waals surface area (Å²) in [4.78, 5) is 2.73. The predicted octanol–water partition coefficient (Wildman–Crippen LogP) is 2.81. The van der Waals surface area contributed by atoms with Crippen LogP contribution in [0.5, 0.6) is 5.75 Å². The van der Waals surface area contributed by atoms with Gasteiger partial charge in [0.05, 0.1) is 7.11 Å². The Morgan fingerprint density at radius 1 is 1.20 bits per heavy atom. The van der Waals surface area contributed by atoms with E-state index in [1.54, 1.807) is 7.11 Å². The van der Waals surface area contributed by atoms with Gasteiger partial charge in [-0.15, -0.1) is 0 Å². The number of nitrogens with zero attached hydrogens (tertiary/aromatic N) is 1. The van der Waals surface area contributed by atoms with Crippen LogP contribution in [0.3, 0.4) is 0 Å². The molecule has 2 heterocycles. The summed E-state index contributed by atoms with van der Waals surface area (Å²) in [5.74, 6) is 1.01. The van der Waals surface area contributed by atoms with Crippen molar-refractivity contribution in [2.45, 2.75) is 45.2 Å². The van der Waals surface area contributed by atoms with Gasteiger partial charge in [-0.2, -0.15) is 0 Å². The number of ether oxygens (including phenoxy) is 1. The molecule has 1 aromatic rings. The van der Waals surface area contributed by atoms with Crippen molar-refractivity contribution in [2.75, 3.05) is 26.7 Å². The molecule has 1 N–H and O–H groups in total. The molecule has 1 aromatic carbocycles. The highest BCUT2D eigenvalue weighted by molar-refractivity contribution is 5.45. The van der Waals surface area contributed by atoms with Crippen LogP contribution >= 0.6 is 0 Å². The van der Waals surface area contributed by atoms with E-state index in [9.17, 15) is 0 Å². The summed E-state index contributed by atoms with van der Waals surface area (Å²) in [5, 5.41) is 3.54. The lowest BCUT2D eigenvalue weighted by atomic mass is 9.86. The number of nitrogens with one attached hydrogen (secondary N) is 1. The van der Waals surface area contributed by atoms with Crippen LogP contribution in [0.15, 0.2) is 12.1 Å². The highest BCUT2D eigenvalue weighted by atomic mass is 16.5. The molecule has 0 amide bonds. The monoisotopic (exact) mass is 274 g/mol. The molecule has 0 aliphatic carbocycles. The summed E-state index contributed by atoms with van der Waals surface area (Å²) >= 11 is 0. The van der Waals surface area contributed by atoms with Crippen molar-refractivity contribution >= 4 is 0 Å². The highest BCUT2D eigenvalue weighted by Gasteiger charge is 2.33. The second-order valence-electron chi connectivity index (χ2n) is 6.15. The van der Waals surface area contributed by atoms with Crippen LogP contribution in [0.4, 0.5) is 0 Å². The van der Waals surface area contributed by atoms with Crippen molar-refractivity contribution in [3.05, 3.63) is 28.8 Å². The van der Waals surface area contributed by atoms with Crippen molar-refractivity contribution in [3.63, 3.8) is 0 Å². The number of methoxy groups -OCH3 is 1. The van der Waals surface area contributed by atoms with Gasteiger partial charge in [-0.05, 0) is 55.9 Å². The van der Waals surface area contributed by atoms with Crippen molar-refractivity contribution < 1.29 is 4.74 Å². The van der Waals surface area contributed by atoms with E-state index in [0.29, 0.717) is 6.04 Å².